The number of hydrogen-bond acceptors (Lipinski definition) is 7. The number of rotatable bonds is 10. The summed E-state index contributed by atoms with van der Waals surface area (Å²) in [6, 6.07) is 21.8. The molecule has 1 amide bonds. The fourth-order valence-electron chi connectivity index (χ4n) is 3.18. The minimum absolute atomic E-state index is 0.142. The quantitative estimate of drug-likeness (QED) is 0.291. The molecule has 0 aliphatic heterocycles. The minimum Gasteiger partial charge on any atom is -0.497 e. The van der Waals surface area contributed by atoms with Crippen molar-refractivity contribution in [3.8, 4) is 22.9 Å². The summed E-state index contributed by atoms with van der Waals surface area (Å²) in [5.41, 5.74) is 1.48. The Bertz CT molecular complexity index is 1280. The molecule has 0 unspecified atom stereocenters. The highest BCUT2D eigenvalue weighted by molar-refractivity contribution is 7.99. The number of carbonyl (C=O) groups is 1. The molecule has 1 N–H and O–H groups in total. The lowest BCUT2D eigenvalue weighted by Crippen LogP contribution is -2.14. The van der Waals surface area contributed by atoms with Gasteiger partial charge in [-0.25, -0.2) is 0 Å². The molecule has 4 rings (SSSR count). The van der Waals surface area contributed by atoms with Gasteiger partial charge in [0.2, 0.25) is 5.91 Å². The number of hydrogen-bond donors (Lipinski definition) is 1. The van der Waals surface area contributed by atoms with Crippen LogP contribution in [0.1, 0.15) is 5.82 Å². The van der Waals surface area contributed by atoms with Crippen LogP contribution in [0.3, 0.4) is 0 Å². The second-order valence-corrected chi connectivity index (χ2v) is 8.62. The molecule has 180 valence electrons. The van der Waals surface area contributed by atoms with Gasteiger partial charge in [-0.2, -0.15) is 0 Å². The zero-order valence-corrected chi connectivity index (χ0v) is 20.7. The summed E-state index contributed by atoms with van der Waals surface area (Å²) in [6.07, 6.45) is 0. The Morgan fingerprint density at radius 3 is 2.37 bits per heavy atom. The van der Waals surface area contributed by atoms with Gasteiger partial charge in [-0.15, -0.1) is 10.2 Å². The van der Waals surface area contributed by atoms with Gasteiger partial charge in [-0.3, -0.25) is 9.36 Å². The number of ether oxygens (including phenoxy) is 3. The van der Waals surface area contributed by atoms with Crippen LogP contribution in [0.15, 0.2) is 78.0 Å². The molecule has 1 aromatic heterocycles. The van der Waals surface area contributed by atoms with Crippen molar-refractivity contribution in [2.75, 3.05) is 25.3 Å². The third-order valence-corrected chi connectivity index (χ3v) is 6.08. The molecule has 10 heteroatoms. The maximum Gasteiger partial charge on any atom is 0.234 e. The van der Waals surface area contributed by atoms with Gasteiger partial charge in [-0.1, -0.05) is 29.4 Å². The summed E-state index contributed by atoms with van der Waals surface area (Å²) >= 11 is 7.23. The molecule has 0 bridgehead atoms. The Morgan fingerprint density at radius 2 is 1.66 bits per heavy atom. The largest absolute Gasteiger partial charge is 0.497 e. The number of carbonyl (C=O) groups excluding carboxylic acids is 1. The van der Waals surface area contributed by atoms with Crippen molar-refractivity contribution in [1.82, 2.24) is 14.8 Å². The minimum atomic E-state index is -0.175. The van der Waals surface area contributed by atoms with Crippen LogP contribution in [0, 0.1) is 0 Å². The molecule has 8 nitrogen and oxygen atoms in total. The van der Waals surface area contributed by atoms with Gasteiger partial charge in [-0.05, 0) is 60.7 Å². The summed E-state index contributed by atoms with van der Waals surface area (Å²) < 4.78 is 18.2. The van der Waals surface area contributed by atoms with Crippen LogP contribution in [-0.2, 0) is 11.4 Å². The van der Waals surface area contributed by atoms with E-state index in [1.54, 1.807) is 50.6 Å². The van der Waals surface area contributed by atoms with Gasteiger partial charge in [0, 0.05) is 22.5 Å². The number of amides is 1. The molecular weight excluding hydrogens is 488 g/mol. The van der Waals surface area contributed by atoms with Gasteiger partial charge in [0.15, 0.2) is 11.0 Å². The van der Waals surface area contributed by atoms with E-state index in [9.17, 15) is 4.79 Å². The van der Waals surface area contributed by atoms with Crippen LogP contribution in [0.2, 0.25) is 5.02 Å². The number of thioether (sulfide) groups is 1. The van der Waals surface area contributed by atoms with Crippen LogP contribution in [0.4, 0.5) is 5.69 Å². The van der Waals surface area contributed by atoms with Crippen LogP contribution in [-0.4, -0.2) is 40.6 Å². The number of benzene rings is 3. The van der Waals surface area contributed by atoms with Crippen LogP contribution >= 0.6 is 23.4 Å². The third-order valence-electron chi connectivity index (χ3n) is 4.90. The zero-order valence-electron chi connectivity index (χ0n) is 19.1. The first kappa shape index (κ1) is 24.4. The van der Waals surface area contributed by atoms with E-state index in [0.717, 1.165) is 11.4 Å². The van der Waals surface area contributed by atoms with Gasteiger partial charge in [0.25, 0.3) is 0 Å². The first-order valence-corrected chi connectivity index (χ1v) is 12.0. The normalized spacial score (nSPS) is 10.6. The van der Waals surface area contributed by atoms with E-state index in [2.05, 4.69) is 15.5 Å². The molecule has 0 spiro atoms. The highest BCUT2D eigenvalue weighted by Crippen LogP contribution is 2.25. The Balaban J connectivity index is 1.51. The van der Waals surface area contributed by atoms with E-state index >= 15 is 0 Å². The fraction of sp³-hybridized carbons (Fsp3) is 0.160. The number of nitrogens with zero attached hydrogens (tertiary/aromatic N) is 3. The monoisotopic (exact) mass is 510 g/mol. The lowest BCUT2D eigenvalue weighted by atomic mass is 10.3. The number of nitrogens with one attached hydrogen (secondary N) is 1. The summed E-state index contributed by atoms with van der Waals surface area (Å²) in [5.74, 6) is 2.61. The highest BCUT2D eigenvalue weighted by atomic mass is 35.5. The first-order chi connectivity index (χ1) is 17.1. The average Bonchev–Trinajstić information content (AvgIpc) is 3.30. The van der Waals surface area contributed by atoms with Crippen molar-refractivity contribution in [1.29, 1.82) is 0 Å². The molecule has 0 saturated heterocycles. The van der Waals surface area contributed by atoms with Gasteiger partial charge < -0.3 is 19.5 Å². The maximum absolute atomic E-state index is 12.6. The predicted molar refractivity (Wildman–Crippen MR) is 136 cm³/mol. The molecule has 0 aliphatic rings. The van der Waals surface area contributed by atoms with Crippen molar-refractivity contribution in [3.05, 3.63) is 83.6 Å². The molecular formula is C25H23ClN4O4S. The Kier molecular flexibility index (Phi) is 8.12. The standard InChI is InChI=1S/C25H23ClN4O4S/c1-32-20-12-8-19(9-13-20)30-23(15-34-21-10-6-17(26)7-11-21)28-29-25(30)35-16-24(31)27-18-4-3-5-22(14-18)33-2/h3-14H,15-16H2,1-2H3,(H,27,31). The molecule has 35 heavy (non-hydrogen) atoms. The van der Waals surface area contributed by atoms with E-state index in [0.29, 0.717) is 33.2 Å². The number of halogens is 1. The Hall–Kier alpha value is -3.69. The second kappa shape index (κ2) is 11.6. The van der Waals surface area contributed by atoms with Crippen molar-refractivity contribution >= 4 is 35.0 Å². The molecule has 0 aliphatic carbocycles. The second-order valence-electron chi connectivity index (χ2n) is 7.24. The van der Waals surface area contributed by atoms with E-state index in [4.69, 9.17) is 25.8 Å². The molecule has 0 atom stereocenters. The van der Waals surface area contributed by atoms with Crippen LogP contribution < -0.4 is 19.5 Å². The molecule has 3 aromatic carbocycles. The van der Waals surface area contributed by atoms with Crippen molar-refractivity contribution < 1.29 is 19.0 Å². The lowest BCUT2D eigenvalue weighted by Gasteiger charge is -2.12. The summed E-state index contributed by atoms with van der Waals surface area (Å²) in [5, 5.41) is 12.7. The maximum atomic E-state index is 12.6. The van der Waals surface area contributed by atoms with Gasteiger partial charge >= 0.3 is 0 Å². The Morgan fingerprint density at radius 1 is 0.943 bits per heavy atom. The van der Waals surface area contributed by atoms with Gasteiger partial charge in [0.05, 0.1) is 20.0 Å². The number of anilines is 1. The molecule has 4 aromatic rings. The molecule has 0 fully saturated rings. The summed E-state index contributed by atoms with van der Waals surface area (Å²) in [6.45, 7) is 0.178. The Labute approximate surface area is 212 Å². The SMILES string of the molecule is COc1ccc(-n2c(COc3ccc(Cl)cc3)nnc2SCC(=O)Nc2cccc(OC)c2)cc1. The predicted octanol–water partition coefficient (Wildman–Crippen LogP) is 5.25. The van der Waals surface area contributed by atoms with Gasteiger partial charge in [0.1, 0.15) is 23.9 Å². The third kappa shape index (κ3) is 6.46. The fourth-order valence-corrected chi connectivity index (χ4v) is 4.08. The topological polar surface area (TPSA) is 87.5 Å². The highest BCUT2D eigenvalue weighted by Gasteiger charge is 2.17. The van der Waals surface area contributed by atoms with Crippen molar-refractivity contribution in [2.45, 2.75) is 11.8 Å². The van der Waals surface area contributed by atoms with Crippen molar-refractivity contribution in [2.24, 2.45) is 0 Å². The number of methoxy groups -OCH3 is 2. The summed E-state index contributed by atoms with van der Waals surface area (Å²) in [4.78, 5) is 12.6. The van der Waals surface area contributed by atoms with E-state index < -0.39 is 0 Å². The lowest BCUT2D eigenvalue weighted by molar-refractivity contribution is -0.113. The zero-order chi connectivity index (χ0) is 24.6. The first-order valence-electron chi connectivity index (χ1n) is 10.6. The molecule has 0 saturated carbocycles. The van der Waals surface area contributed by atoms with E-state index in [-0.39, 0.29) is 18.3 Å². The van der Waals surface area contributed by atoms with Crippen LogP contribution in [0.25, 0.3) is 5.69 Å². The van der Waals surface area contributed by atoms with E-state index in [1.807, 2.05) is 41.0 Å². The molecule has 0 radical (unpaired) electrons. The van der Waals surface area contributed by atoms with Crippen molar-refractivity contribution in [3.63, 3.8) is 0 Å². The summed E-state index contributed by atoms with van der Waals surface area (Å²) in [7, 11) is 3.19. The molecule has 1 heterocycles. The number of aromatic nitrogens is 3. The average molecular weight is 511 g/mol. The van der Waals surface area contributed by atoms with Crippen LogP contribution in [0.5, 0.6) is 17.2 Å². The smallest absolute Gasteiger partial charge is 0.234 e. The van der Waals surface area contributed by atoms with E-state index in [1.165, 1.54) is 11.8 Å².